The van der Waals surface area contributed by atoms with Crippen LogP contribution in [0.25, 0.3) is 0 Å². The molecule has 0 heterocycles. The number of benzene rings is 1. The number of rotatable bonds is 8. The first kappa shape index (κ1) is 19.5. The van der Waals surface area contributed by atoms with Gasteiger partial charge in [0.05, 0.1) is 11.3 Å². The van der Waals surface area contributed by atoms with Crippen molar-refractivity contribution in [3.63, 3.8) is 0 Å². The van der Waals surface area contributed by atoms with E-state index in [9.17, 15) is 22.0 Å². The standard InChI is InChI=1S/C16H23F2NO3S/c1-11(2)4-5-12(3)19-15(20)10-13-6-8-14(9-7-13)23(21,22)16(17)18/h6-9,11-12,16H,4-5,10H2,1-3H3,(H,19,20). The van der Waals surface area contributed by atoms with Gasteiger partial charge in [0.25, 0.3) is 0 Å². The maximum atomic E-state index is 12.4. The highest BCUT2D eigenvalue weighted by Gasteiger charge is 2.26. The number of hydrogen-bond donors (Lipinski definition) is 1. The lowest BCUT2D eigenvalue weighted by Gasteiger charge is -2.15. The Labute approximate surface area is 136 Å². The van der Waals surface area contributed by atoms with E-state index in [0.29, 0.717) is 11.5 Å². The molecule has 1 atom stereocenters. The fraction of sp³-hybridized carbons (Fsp3) is 0.562. The monoisotopic (exact) mass is 347 g/mol. The molecule has 130 valence electrons. The highest BCUT2D eigenvalue weighted by molar-refractivity contribution is 7.91. The van der Waals surface area contributed by atoms with Crippen LogP contribution >= 0.6 is 0 Å². The Bertz CT molecular complexity index is 613. The Kier molecular flexibility index (Phi) is 7.12. The minimum Gasteiger partial charge on any atom is -0.353 e. The van der Waals surface area contributed by atoms with Crippen molar-refractivity contribution in [3.8, 4) is 0 Å². The second-order valence-electron chi connectivity index (χ2n) is 6.07. The molecule has 0 aliphatic carbocycles. The highest BCUT2D eigenvalue weighted by atomic mass is 32.2. The fourth-order valence-electron chi connectivity index (χ4n) is 2.07. The van der Waals surface area contributed by atoms with Crippen molar-refractivity contribution in [1.82, 2.24) is 5.32 Å². The summed E-state index contributed by atoms with van der Waals surface area (Å²) in [7, 11) is -4.59. The van der Waals surface area contributed by atoms with Gasteiger partial charge in [0.2, 0.25) is 15.7 Å². The number of carbonyl (C=O) groups is 1. The quantitative estimate of drug-likeness (QED) is 0.786. The summed E-state index contributed by atoms with van der Waals surface area (Å²) in [6, 6.07) is 5.03. The van der Waals surface area contributed by atoms with E-state index in [1.165, 1.54) is 12.1 Å². The third-order valence-electron chi connectivity index (χ3n) is 3.44. The number of carbonyl (C=O) groups excluding carboxylic acids is 1. The van der Waals surface area contributed by atoms with Gasteiger partial charge >= 0.3 is 5.76 Å². The third-order valence-corrected chi connectivity index (χ3v) is 4.83. The predicted octanol–water partition coefficient (Wildman–Crippen LogP) is 3.17. The molecule has 1 N–H and O–H groups in total. The van der Waals surface area contributed by atoms with E-state index in [1.807, 2.05) is 6.92 Å². The number of sulfone groups is 1. The Morgan fingerprint density at radius 3 is 2.13 bits per heavy atom. The molecule has 7 heteroatoms. The minimum atomic E-state index is -4.59. The van der Waals surface area contributed by atoms with E-state index in [1.54, 1.807) is 0 Å². The van der Waals surface area contributed by atoms with Crippen molar-refractivity contribution in [2.75, 3.05) is 0 Å². The molecule has 0 aliphatic heterocycles. The lowest BCUT2D eigenvalue weighted by atomic mass is 10.0. The van der Waals surface area contributed by atoms with Gasteiger partial charge in [-0.25, -0.2) is 8.42 Å². The Balaban J connectivity index is 2.60. The summed E-state index contributed by atoms with van der Waals surface area (Å²) in [5.41, 5.74) is 0.576. The highest BCUT2D eigenvalue weighted by Crippen LogP contribution is 2.18. The minimum absolute atomic E-state index is 0.0587. The van der Waals surface area contributed by atoms with Crippen molar-refractivity contribution < 1.29 is 22.0 Å². The first-order chi connectivity index (χ1) is 10.6. The molecule has 0 aromatic heterocycles. The average Bonchev–Trinajstić information content (AvgIpc) is 2.45. The van der Waals surface area contributed by atoms with E-state index in [4.69, 9.17) is 0 Å². The van der Waals surface area contributed by atoms with Crippen LogP contribution in [-0.2, 0) is 21.1 Å². The largest absolute Gasteiger partial charge is 0.353 e. The van der Waals surface area contributed by atoms with Gasteiger partial charge in [0.1, 0.15) is 0 Å². The normalized spacial score (nSPS) is 13.3. The summed E-state index contributed by atoms with van der Waals surface area (Å²) in [6.45, 7) is 6.16. The SMILES string of the molecule is CC(C)CCC(C)NC(=O)Cc1ccc(S(=O)(=O)C(F)F)cc1. The van der Waals surface area contributed by atoms with Gasteiger partial charge < -0.3 is 5.32 Å². The molecule has 1 unspecified atom stereocenters. The van der Waals surface area contributed by atoms with Crippen LogP contribution < -0.4 is 5.32 Å². The van der Waals surface area contributed by atoms with Crippen LogP contribution in [0.4, 0.5) is 8.78 Å². The average molecular weight is 347 g/mol. The molecular formula is C16H23F2NO3S. The summed E-state index contributed by atoms with van der Waals surface area (Å²) in [5.74, 6) is -3.05. The van der Waals surface area contributed by atoms with E-state index >= 15 is 0 Å². The van der Waals surface area contributed by atoms with Gasteiger partial charge in [0.15, 0.2) is 0 Å². The van der Waals surface area contributed by atoms with Crippen molar-refractivity contribution in [2.24, 2.45) is 5.92 Å². The zero-order chi connectivity index (χ0) is 17.6. The molecule has 1 rings (SSSR count). The maximum absolute atomic E-state index is 12.4. The second-order valence-corrected chi connectivity index (χ2v) is 7.98. The van der Waals surface area contributed by atoms with E-state index in [0.717, 1.165) is 25.0 Å². The molecule has 0 spiro atoms. The zero-order valence-corrected chi connectivity index (χ0v) is 14.4. The predicted molar refractivity (Wildman–Crippen MR) is 85.0 cm³/mol. The molecule has 0 saturated heterocycles. The molecule has 4 nitrogen and oxygen atoms in total. The number of alkyl halides is 2. The van der Waals surface area contributed by atoms with Gasteiger partial charge in [-0.2, -0.15) is 8.78 Å². The molecule has 0 aliphatic rings. The first-order valence-electron chi connectivity index (χ1n) is 7.53. The van der Waals surface area contributed by atoms with Crippen molar-refractivity contribution in [3.05, 3.63) is 29.8 Å². The topological polar surface area (TPSA) is 63.2 Å². The smallest absolute Gasteiger partial charge is 0.341 e. The molecular weight excluding hydrogens is 324 g/mol. The fourth-order valence-corrected chi connectivity index (χ4v) is 2.79. The van der Waals surface area contributed by atoms with Gasteiger partial charge in [0, 0.05) is 6.04 Å². The van der Waals surface area contributed by atoms with Crippen LogP contribution in [0.3, 0.4) is 0 Å². The van der Waals surface area contributed by atoms with Crippen LogP contribution in [0.1, 0.15) is 39.2 Å². The lowest BCUT2D eigenvalue weighted by molar-refractivity contribution is -0.121. The number of amides is 1. The Hall–Kier alpha value is -1.50. The number of hydrogen-bond acceptors (Lipinski definition) is 3. The molecule has 0 fully saturated rings. The Morgan fingerprint density at radius 1 is 1.09 bits per heavy atom. The molecule has 0 saturated carbocycles. The van der Waals surface area contributed by atoms with Crippen LogP contribution in [0.2, 0.25) is 0 Å². The zero-order valence-electron chi connectivity index (χ0n) is 13.6. The number of halogens is 2. The summed E-state index contributed by atoms with van der Waals surface area (Å²) in [5, 5.41) is 2.87. The van der Waals surface area contributed by atoms with Crippen LogP contribution in [-0.4, -0.2) is 26.1 Å². The molecule has 23 heavy (non-hydrogen) atoms. The van der Waals surface area contributed by atoms with E-state index in [2.05, 4.69) is 19.2 Å². The summed E-state index contributed by atoms with van der Waals surface area (Å²) in [6.07, 6.45) is 1.98. The van der Waals surface area contributed by atoms with E-state index < -0.39 is 20.5 Å². The molecule has 1 amide bonds. The van der Waals surface area contributed by atoms with Gasteiger partial charge in [-0.3, -0.25) is 4.79 Å². The summed E-state index contributed by atoms with van der Waals surface area (Å²) in [4.78, 5) is 11.5. The van der Waals surface area contributed by atoms with Crippen LogP contribution in [0.15, 0.2) is 29.2 Å². The maximum Gasteiger partial charge on any atom is 0.341 e. The number of nitrogens with one attached hydrogen (secondary N) is 1. The van der Waals surface area contributed by atoms with E-state index in [-0.39, 0.29) is 18.4 Å². The molecule has 1 aromatic carbocycles. The summed E-state index contributed by atoms with van der Waals surface area (Å²) >= 11 is 0. The Morgan fingerprint density at radius 2 is 1.65 bits per heavy atom. The lowest BCUT2D eigenvalue weighted by Crippen LogP contribution is -2.33. The van der Waals surface area contributed by atoms with Gasteiger partial charge in [-0.1, -0.05) is 26.0 Å². The summed E-state index contributed by atoms with van der Waals surface area (Å²) < 4.78 is 47.5. The second kappa shape index (κ2) is 8.38. The third kappa shape index (κ3) is 6.25. The van der Waals surface area contributed by atoms with Gasteiger partial charge in [-0.15, -0.1) is 0 Å². The van der Waals surface area contributed by atoms with Crippen LogP contribution in [0.5, 0.6) is 0 Å². The van der Waals surface area contributed by atoms with Gasteiger partial charge in [-0.05, 0) is 43.4 Å². The molecule has 1 aromatic rings. The van der Waals surface area contributed by atoms with Crippen molar-refractivity contribution in [1.29, 1.82) is 0 Å². The van der Waals surface area contributed by atoms with Crippen molar-refractivity contribution in [2.45, 2.75) is 56.7 Å². The van der Waals surface area contributed by atoms with Crippen LogP contribution in [0, 0.1) is 5.92 Å². The van der Waals surface area contributed by atoms with Crippen molar-refractivity contribution >= 4 is 15.7 Å². The molecule has 0 bridgehead atoms. The first-order valence-corrected chi connectivity index (χ1v) is 9.08. The molecule has 0 radical (unpaired) electrons.